The molecule has 3 rings (SSSR count). The maximum Gasteiger partial charge on any atom is 0.274 e. The number of benzene rings is 1. The van der Waals surface area contributed by atoms with E-state index in [1.165, 1.54) is 24.4 Å². The molecule has 1 atom stereocenters. The fourth-order valence-corrected chi connectivity index (χ4v) is 2.94. The summed E-state index contributed by atoms with van der Waals surface area (Å²) in [6.45, 7) is -0.212. The van der Waals surface area contributed by atoms with Gasteiger partial charge in [0.05, 0.1) is 12.2 Å². The van der Waals surface area contributed by atoms with Crippen molar-refractivity contribution in [2.45, 2.75) is 18.4 Å². The van der Waals surface area contributed by atoms with Crippen molar-refractivity contribution < 1.29 is 22.7 Å². The predicted molar refractivity (Wildman–Crippen MR) is 98.0 cm³/mol. The van der Waals surface area contributed by atoms with Crippen LogP contribution in [0.1, 0.15) is 28.0 Å². The first-order valence-electron chi connectivity index (χ1n) is 8.53. The fraction of sp³-hybridized carbons (Fsp3) is 0.263. The summed E-state index contributed by atoms with van der Waals surface area (Å²) < 4.78 is 47.7. The molecule has 0 unspecified atom stereocenters. The first-order valence-corrected chi connectivity index (χ1v) is 8.53. The van der Waals surface area contributed by atoms with E-state index in [2.05, 4.69) is 15.3 Å². The largest absolute Gasteiger partial charge is 0.385 e. The van der Waals surface area contributed by atoms with E-state index in [9.17, 15) is 18.0 Å². The Bertz CT molecular complexity index is 988. The molecule has 1 aromatic heterocycles. The van der Waals surface area contributed by atoms with Crippen LogP contribution in [0.4, 0.5) is 18.9 Å². The highest BCUT2D eigenvalue weighted by atomic mass is 19.3. The summed E-state index contributed by atoms with van der Waals surface area (Å²) in [6, 6.07) is 7.94. The van der Waals surface area contributed by atoms with Gasteiger partial charge in [-0.15, -0.1) is 0 Å². The Morgan fingerprint density at radius 1 is 1.34 bits per heavy atom. The average molecular weight is 403 g/mol. The molecular formula is C19H16F3N5O2. The lowest BCUT2D eigenvalue weighted by Gasteiger charge is -2.29. The Balaban J connectivity index is 1.95. The molecule has 0 saturated carbocycles. The molecule has 7 nitrogen and oxygen atoms in total. The SMILES string of the molecule is N#Cc1ccc(C(=O)Nc2ccc(F)c([C@]3(C(F)F)CCOCC(N)=N3)c2)nc1. The number of anilines is 1. The number of nitrogens with two attached hydrogens (primary N) is 1. The van der Waals surface area contributed by atoms with Crippen molar-refractivity contribution in [3.8, 4) is 6.07 Å². The van der Waals surface area contributed by atoms with E-state index in [1.807, 2.05) is 6.07 Å². The smallest absolute Gasteiger partial charge is 0.274 e. The number of carbonyl (C=O) groups is 1. The van der Waals surface area contributed by atoms with Gasteiger partial charge in [0.1, 0.15) is 30.0 Å². The van der Waals surface area contributed by atoms with E-state index < -0.39 is 29.3 Å². The van der Waals surface area contributed by atoms with E-state index in [0.717, 1.165) is 12.1 Å². The summed E-state index contributed by atoms with van der Waals surface area (Å²) in [5.41, 5.74) is 3.36. The Morgan fingerprint density at radius 3 is 2.79 bits per heavy atom. The van der Waals surface area contributed by atoms with Gasteiger partial charge in [0.2, 0.25) is 0 Å². The summed E-state index contributed by atoms with van der Waals surface area (Å²) in [4.78, 5) is 20.1. The number of nitrogens with zero attached hydrogens (tertiary/aromatic N) is 3. The molecule has 2 aromatic rings. The lowest BCUT2D eigenvalue weighted by molar-refractivity contribution is 0.0331. The zero-order valence-corrected chi connectivity index (χ0v) is 15.0. The van der Waals surface area contributed by atoms with Crippen LogP contribution in [0.2, 0.25) is 0 Å². The van der Waals surface area contributed by atoms with Crippen LogP contribution in [0.5, 0.6) is 0 Å². The number of aliphatic imine (C=N–C) groups is 1. The van der Waals surface area contributed by atoms with Crippen LogP contribution in [-0.2, 0) is 10.3 Å². The maximum atomic E-state index is 14.5. The Kier molecular flexibility index (Phi) is 5.79. The van der Waals surface area contributed by atoms with Crippen LogP contribution in [-0.4, -0.2) is 36.4 Å². The number of pyridine rings is 1. The molecule has 1 amide bonds. The Hall–Kier alpha value is -3.45. The van der Waals surface area contributed by atoms with Crippen molar-refractivity contribution in [3.05, 3.63) is 59.2 Å². The summed E-state index contributed by atoms with van der Waals surface area (Å²) in [7, 11) is 0. The van der Waals surface area contributed by atoms with Gasteiger partial charge >= 0.3 is 0 Å². The zero-order chi connectivity index (χ0) is 21.0. The number of nitrogens with one attached hydrogen (secondary N) is 1. The number of amidine groups is 1. The van der Waals surface area contributed by atoms with Gasteiger partial charge in [-0.05, 0) is 30.3 Å². The minimum Gasteiger partial charge on any atom is -0.385 e. The molecule has 0 bridgehead atoms. The van der Waals surface area contributed by atoms with E-state index in [1.54, 1.807) is 0 Å². The number of hydrogen-bond acceptors (Lipinski definition) is 6. The van der Waals surface area contributed by atoms with Gasteiger partial charge in [0.25, 0.3) is 12.3 Å². The number of alkyl halides is 2. The highest BCUT2D eigenvalue weighted by Gasteiger charge is 2.45. The van der Waals surface area contributed by atoms with E-state index >= 15 is 0 Å². The second-order valence-electron chi connectivity index (χ2n) is 6.32. The van der Waals surface area contributed by atoms with Crippen molar-refractivity contribution >= 4 is 17.4 Å². The third kappa shape index (κ3) is 4.20. The highest BCUT2D eigenvalue weighted by molar-refractivity contribution is 6.02. The molecule has 10 heteroatoms. The normalized spacial score (nSPS) is 19.2. The monoisotopic (exact) mass is 403 g/mol. The topological polar surface area (TPSA) is 113 Å². The van der Waals surface area contributed by atoms with Gasteiger partial charge in [-0.1, -0.05) is 0 Å². The maximum absolute atomic E-state index is 14.5. The number of hydrogen-bond donors (Lipinski definition) is 2. The first kappa shape index (κ1) is 20.3. The van der Waals surface area contributed by atoms with Gasteiger partial charge in [-0.2, -0.15) is 5.26 Å². The molecule has 1 aliphatic heterocycles. The molecule has 29 heavy (non-hydrogen) atoms. The van der Waals surface area contributed by atoms with Crippen LogP contribution in [0.25, 0.3) is 0 Å². The van der Waals surface area contributed by atoms with Gasteiger partial charge in [0.15, 0.2) is 5.54 Å². The summed E-state index contributed by atoms with van der Waals surface area (Å²) in [5, 5.41) is 11.3. The van der Waals surface area contributed by atoms with Crippen LogP contribution in [0.15, 0.2) is 41.5 Å². The first-order chi connectivity index (χ1) is 13.9. The van der Waals surface area contributed by atoms with Crippen molar-refractivity contribution in [1.82, 2.24) is 4.98 Å². The minimum atomic E-state index is -3.05. The van der Waals surface area contributed by atoms with Crippen LogP contribution < -0.4 is 11.1 Å². The molecule has 0 aliphatic carbocycles. The minimum absolute atomic E-state index is 0.00331. The second kappa shape index (κ2) is 8.28. The number of aromatic nitrogens is 1. The lowest BCUT2D eigenvalue weighted by atomic mass is 9.87. The molecule has 0 spiro atoms. The fourth-order valence-electron chi connectivity index (χ4n) is 2.94. The third-order valence-electron chi connectivity index (χ3n) is 4.40. The van der Waals surface area contributed by atoms with E-state index in [0.29, 0.717) is 0 Å². The summed E-state index contributed by atoms with van der Waals surface area (Å²) in [5.74, 6) is -1.72. The molecule has 0 radical (unpaired) electrons. The number of carbonyl (C=O) groups excluding carboxylic acids is 1. The van der Waals surface area contributed by atoms with Crippen molar-refractivity contribution in [2.24, 2.45) is 10.7 Å². The standard InChI is InChI=1S/C19H16F3N5O2/c20-14-3-2-12(26-17(28)15-4-1-11(8-23)9-25-15)7-13(14)19(18(21)22)5-6-29-10-16(24)27-19/h1-4,7,9,18H,5-6,10H2,(H2,24,27)(H,26,28)/t19-/m0/s1. The number of amides is 1. The predicted octanol–water partition coefficient (Wildman–Crippen LogP) is 2.58. The third-order valence-corrected chi connectivity index (χ3v) is 4.40. The number of nitriles is 1. The van der Waals surface area contributed by atoms with Gasteiger partial charge < -0.3 is 15.8 Å². The molecule has 0 saturated heterocycles. The molecule has 150 valence electrons. The van der Waals surface area contributed by atoms with Crippen LogP contribution in [0.3, 0.4) is 0 Å². The quantitative estimate of drug-likeness (QED) is 0.815. The number of rotatable bonds is 4. The number of ether oxygens (including phenoxy) is 1. The van der Waals surface area contributed by atoms with E-state index in [4.69, 9.17) is 15.7 Å². The Labute approximate surface area is 164 Å². The molecule has 0 fully saturated rings. The Morgan fingerprint density at radius 2 is 2.14 bits per heavy atom. The molecular weight excluding hydrogens is 387 g/mol. The van der Waals surface area contributed by atoms with Crippen molar-refractivity contribution in [1.29, 1.82) is 5.26 Å². The van der Waals surface area contributed by atoms with Gasteiger partial charge in [0, 0.05) is 23.9 Å². The van der Waals surface area contributed by atoms with Gasteiger partial charge in [-0.3, -0.25) is 9.79 Å². The molecule has 3 N–H and O–H groups in total. The molecule has 1 aliphatic rings. The molecule has 1 aromatic carbocycles. The molecule has 2 heterocycles. The lowest BCUT2D eigenvalue weighted by Crippen LogP contribution is -2.36. The average Bonchev–Trinajstić information content (AvgIpc) is 2.91. The highest BCUT2D eigenvalue weighted by Crippen LogP contribution is 2.40. The van der Waals surface area contributed by atoms with E-state index in [-0.39, 0.29) is 42.4 Å². The summed E-state index contributed by atoms with van der Waals surface area (Å²) in [6.07, 6.45) is -2.11. The van der Waals surface area contributed by atoms with Crippen LogP contribution >= 0.6 is 0 Å². The van der Waals surface area contributed by atoms with Crippen LogP contribution in [0, 0.1) is 17.1 Å². The summed E-state index contributed by atoms with van der Waals surface area (Å²) >= 11 is 0. The second-order valence-corrected chi connectivity index (χ2v) is 6.32. The van der Waals surface area contributed by atoms with Crippen molar-refractivity contribution in [2.75, 3.05) is 18.5 Å². The van der Waals surface area contributed by atoms with Gasteiger partial charge in [-0.25, -0.2) is 18.2 Å². The number of halogens is 3. The van der Waals surface area contributed by atoms with Crippen molar-refractivity contribution in [3.63, 3.8) is 0 Å². The zero-order valence-electron chi connectivity index (χ0n) is 15.0.